The van der Waals surface area contributed by atoms with Crippen molar-refractivity contribution in [3.8, 4) is 0 Å². The van der Waals surface area contributed by atoms with E-state index >= 15 is 0 Å². The smallest absolute Gasteiger partial charge is 0.412 e. The van der Waals surface area contributed by atoms with Crippen LogP contribution in [0.3, 0.4) is 0 Å². The Hall–Kier alpha value is -3.23. The van der Waals surface area contributed by atoms with E-state index in [-0.39, 0.29) is 37.0 Å². The SMILES string of the molecule is CC(=O)c1ccc(NC(=O)O[C@@H]2CO[C@H]3[C@H]2OC[C@H]3NC(=O)c2ccc(C)cc2)cc1. The molecule has 8 nitrogen and oxygen atoms in total. The number of ether oxygens (including phenoxy) is 3. The van der Waals surface area contributed by atoms with Crippen LogP contribution in [0.15, 0.2) is 48.5 Å². The van der Waals surface area contributed by atoms with Crippen molar-refractivity contribution in [3.63, 3.8) is 0 Å². The summed E-state index contributed by atoms with van der Waals surface area (Å²) in [6.07, 6.45) is -2.06. The average molecular weight is 424 g/mol. The first kappa shape index (κ1) is 21.0. The number of Topliss-reactive ketones (excluding diaryl/α,β-unsaturated/α-hetero) is 1. The van der Waals surface area contributed by atoms with Crippen LogP contribution in [0.1, 0.15) is 33.2 Å². The first-order valence-electron chi connectivity index (χ1n) is 10.1. The van der Waals surface area contributed by atoms with Gasteiger partial charge in [-0.3, -0.25) is 14.9 Å². The maximum atomic E-state index is 12.5. The predicted octanol–water partition coefficient (Wildman–Crippen LogP) is 2.71. The fourth-order valence-electron chi connectivity index (χ4n) is 3.72. The summed E-state index contributed by atoms with van der Waals surface area (Å²) in [6.45, 7) is 3.90. The van der Waals surface area contributed by atoms with Crippen molar-refractivity contribution in [3.05, 3.63) is 65.2 Å². The molecule has 2 fully saturated rings. The van der Waals surface area contributed by atoms with Gasteiger partial charge in [0.25, 0.3) is 5.91 Å². The van der Waals surface area contributed by atoms with Crippen molar-refractivity contribution >= 4 is 23.5 Å². The zero-order chi connectivity index (χ0) is 22.0. The van der Waals surface area contributed by atoms with E-state index in [4.69, 9.17) is 14.2 Å². The molecule has 0 aromatic heterocycles. The van der Waals surface area contributed by atoms with E-state index in [1.807, 2.05) is 19.1 Å². The highest BCUT2D eigenvalue weighted by Gasteiger charge is 2.50. The number of fused-ring (bicyclic) bond motifs is 1. The van der Waals surface area contributed by atoms with Crippen molar-refractivity contribution in [2.75, 3.05) is 18.5 Å². The summed E-state index contributed by atoms with van der Waals surface area (Å²) in [5, 5.41) is 5.57. The third-order valence-electron chi connectivity index (χ3n) is 5.43. The van der Waals surface area contributed by atoms with Crippen LogP contribution in [-0.4, -0.2) is 55.4 Å². The molecular formula is C23H24N2O6. The zero-order valence-corrected chi connectivity index (χ0v) is 17.3. The maximum absolute atomic E-state index is 12.5. The van der Waals surface area contributed by atoms with Gasteiger partial charge >= 0.3 is 6.09 Å². The molecule has 2 aromatic carbocycles. The van der Waals surface area contributed by atoms with Crippen molar-refractivity contribution in [2.24, 2.45) is 0 Å². The molecule has 2 amide bonds. The van der Waals surface area contributed by atoms with Gasteiger partial charge in [-0.1, -0.05) is 17.7 Å². The van der Waals surface area contributed by atoms with E-state index in [9.17, 15) is 14.4 Å². The maximum Gasteiger partial charge on any atom is 0.412 e. The Bertz CT molecular complexity index is 973. The van der Waals surface area contributed by atoms with Crippen LogP contribution < -0.4 is 10.6 Å². The lowest BCUT2D eigenvalue weighted by atomic mass is 10.1. The number of aryl methyl sites for hydroxylation is 1. The Morgan fingerprint density at radius 3 is 2.23 bits per heavy atom. The van der Waals surface area contributed by atoms with Gasteiger partial charge in [-0.15, -0.1) is 0 Å². The molecule has 0 radical (unpaired) electrons. The molecule has 2 N–H and O–H groups in total. The molecule has 0 unspecified atom stereocenters. The molecule has 2 aromatic rings. The Labute approximate surface area is 179 Å². The molecule has 4 rings (SSSR count). The van der Waals surface area contributed by atoms with Gasteiger partial charge < -0.3 is 19.5 Å². The van der Waals surface area contributed by atoms with Crippen LogP contribution in [0, 0.1) is 6.92 Å². The van der Waals surface area contributed by atoms with Crippen molar-refractivity contribution in [2.45, 2.75) is 38.2 Å². The highest BCUT2D eigenvalue weighted by Crippen LogP contribution is 2.29. The van der Waals surface area contributed by atoms with Crippen LogP contribution in [0.5, 0.6) is 0 Å². The molecule has 0 bridgehead atoms. The van der Waals surface area contributed by atoms with E-state index in [1.165, 1.54) is 6.92 Å². The van der Waals surface area contributed by atoms with Gasteiger partial charge in [-0.2, -0.15) is 0 Å². The highest BCUT2D eigenvalue weighted by atomic mass is 16.6. The predicted molar refractivity (Wildman–Crippen MR) is 112 cm³/mol. The Morgan fingerprint density at radius 1 is 0.903 bits per heavy atom. The summed E-state index contributed by atoms with van der Waals surface area (Å²) in [7, 11) is 0. The number of carbonyl (C=O) groups is 3. The molecule has 2 aliphatic heterocycles. The van der Waals surface area contributed by atoms with Crippen LogP contribution in [0.25, 0.3) is 0 Å². The van der Waals surface area contributed by atoms with E-state index in [2.05, 4.69) is 10.6 Å². The zero-order valence-electron chi connectivity index (χ0n) is 17.3. The molecule has 2 saturated heterocycles. The summed E-state index contributed by atoms with van der Waals surface area (Å²) < 4.78 is 17.0. The van der Waals surface area contributed by atoms with Crippen LogP contribution in [0.4, 0.5) is 10.5 Å². The van der Waals surface area contributed by atoms with Crippen molar-refractivity contribution < 1.29 is 28.6 Å². The van der Waals surface area contributed by atoms with Gasteiger partial charge in [-0.25, -0.2) is 4.79 Å². The van der Waals surface area contributed by atoms with Crippen LogP contribution in [0.2, 0.25) is 0 Å². The number of nitrogens with one attached hydrogen (secondary N) is 2. The fourth-order valence-corrected chi connectivity index (χ4v) is 3.72. The molecule has 2 aliphatic rings. The summed E-state index contributed by atoms with van der Waals surface area (Å²) >= 11 is 0. The molecular weight excluding hydrogens is 400 g/mol. The van der Waals surface area contributed by atoms with Gasteiger partial charge in [0.15, 0.2) is 11.9 Å². The average Bonchev–Trinajstić information content (AvgIpc) is 3.32. The van der Waals surface area contributed by atoms with E-state index < -0.39 is 18.3 Å². The molecule has 0 spiro atoms. The monoisotopic (exact) mass is 424 g/mol. The number of ketones is 1. The van der Waals surface area contributed by atoms with Crippen LogP contribution in [-0.2, 0) is 14.2 Å². The van der Waals surface area contributed by atoms with Gasteiger partial charge in [0.1, 0.15) is 12.2 Å². The van der Waals surface area contributed by atoms with E-state index in [0.29, 0.717) is 16.8 Å². The second-order valence-corrected chi connectivity index (χ2v) is 7.74. The minimum atomic E-state index is -0.638. The van der Waals surface area contributed by atoms with Gasteiger partial charge in [0.05, 0.1) is 19.3 Å². The van der Waals surface area contributed by atoms with Crippen LogP contribution >= 0.6 is 0 Å². The van der Waals surface area contributed by atoms with Crippen molar-refractivity contribution in [1.29, 1.82) is 0 Å². The lowest BCUT2D eigenvalue weighted by Gasteiger charge is -2.18. The summed E-state index contributed by atoms with van der Waals surface area (Å²) in [5.41, 5.74) is 2.72. The lowest BCUT2D eigenvalue weighted by molar-refractivity contribution is 0.00862. The minimum Gasteiger partial charge on any atom is -0.441 e. The Balaban J connectivity index is 1.30. The summed E-state index contributed by atoms with van der Waals surface area (Å²) in [4.78, 5) is 36.1. The minimum absolute atomic E-state index is 0.0503. The Kier molecular flexibility index (Phi) is 6.01. The number of benzene rings is 2. The van der Waals surface area contributed by atoms with Crippen molar-refractivity contribution in [1.82, 2.24) is 5.32 Å². The van der Waals surface area contributed by atoms with Gasteiger partial charge in [0.2, 0.25) is 0 Å². The standard InChI is InChI=1S/C23H24N2O6/c1-13-3-5-16(6-4-13)22(27)25-18-11-29-21-19(12-30-20(18)21)31-23(28)24-17-9-7-15(8-10-17)14(2)26/h3-10,18-21H,11-12H2,1-2H3,(H,24,28)(H,25,27)/t18-,19-,20-,21+/m1/s1. The number of anilines is 1. The molecule has 8 heteroatoms. The second-order valence-electron chi connectivity index (χ2n) is 7.74. The summed E-state index contributed by atoms with van der Waals surface area (Å²) in [6, 6.07) is 13.5. The summed E-state index contributed by atoms with van der Waals surface area (Å²) in [5.74, 6) is -0.250. The third kappa shape index (κ3) is 4.76. The first-order chi connectivity index (χ1) is 14.9. The molecule has 4 atom stereocenters. The largest absolute Gasteiger partial charge is 0.441 e. The highest BCUT2D eigenvalue weighted by molar-refractivity contribution is 5.95. The topological polar surface area (TPSA) is 103 Å². The van der Waals surface area contributed by atoms with Gasteiger partial charge in [0, 0.05) is 16.8 Å². The first-order valence-corrected chi connectivity index (χ1v) is 10.1. The number of hydrogen-bond donors (Lipinski definition) is 2. The number of hydrogen-bond acceptors (Lipinski definition) is 6. The number of rotatable bonds is 5. The number of amides is 2. The lowest BCUT2D eigenvalue weighted by Crippen LogP contribution is -2.44. The molecule has 2 heterocycles. The third-order valence-corrected chi connectivity index (χ3v) is 5.43. The molecule has 0 saturated carbocycles. The molecule has 0 aliphatic carbocycles. The van der Waals surface area contributed by atoms with Gasteiger partial charge in [-0.05, 0) is 50.2 Å². The molecule has 162 valence electrons. The fraction of sp³-hybridized carbons (Fsp3) is 0.348. The second kappa shape index (κ2) is 8.87. The Morgan fingerprint density at radius 2 is 1.55 bits per heavy atom. The normalized spacial score (nSPS) is 24.3. The molecule has 31 heavy (non-hydrogen) atoms. The van der Waals surface area contributed by atoms with E-state index in [1.54, 1.807) is 36.4 Å². The number of carbonyl (C=O) groups excluding carboxylic acids is 3. The quantitative estimate of drug-likeness (QED) is 0.716. The van der Waals surface area contributed by atoms with E-state index in [0.717, 1.165) is 5.56 Å².